The van der Waals surface area contributed by atoms with Gasteiger partial charge in [-0.25, -0.2) is 0 Å². The molecule has 16 heavy (non-hydrogen) atoms. The molecule has 0 aromatic carbocycles. The average Bonchev–Trinajstić information content (AvgIpc) is 2.64. The first-order valence-electron chi connectivity index (χ1n) is 5.83. The SMILES string of the molecule is O=C(O)C12CC(CO)(C1)OC21CCNCC1. The van der Waals surface area contributed by atoms with Crippen molar-refractivity contribution in [3.63, 3.8) is 0 Å². The molecule has 1 spiro atoms. The van der Waals surface area contributed by atoms with Gasteiger partial charge in [-0.2, -0.15) is 0 Å². The van der Waals surface area contributed by atoms with Gasteiger partial charge in [0.2, 0.25) is 0 Å². The Balaban J connectivity index is 1.96. The van der Waals surface area contributed by atoms with E-state index in [0.717, 1.165) is 25.9 Å². The maximum atomic E-state index is 11.5. The molecule has 0 unspecified atom stereocenters. The van der Waals surface area contributed by atoms with Gasteiger partial charge < -0.3 is 20.3 Å². The fourth-order valence-corrected chi connectivity index (χ4v) is 3.86. The predicted molar refractivity (Wildman–Crippen MR) is 55.0 cm³/mol. The highest BCUT2D eigenvalue weighted by Gasteiger charge is 2.77. The molecule has 3 saturated heterocycles. The summed E-state index contributed by atoms with van der Waals surface area (Å²) in [5, 5.41) is 22.0. The number of nitrogens with one attached hydrogen (secondary N) is 1. The molecule has 3 N–H and O–H groups in total. The minimum Gasteiger partial charge on any atom is -0.481 e. The highest BCUT2D eigenvalue weighted by atomic mass is 16.6. The highest BCUT2D eigenvalue weighted by molar-refractivity contribution is 5.79. The minimum atomic E-state index is -0.754. The number of hydrogen-bond acceptors (Lipinski definition) is 4. The van der Waals surface area contributed by atoms with Gasteiger partial charge in [-0.05, 0) is 38.8 Å². The van der Waals surface area contributed by atoms with Gasteiger partial charge in [0.15, 0.2) is 0 Å². The Bertz CT molecular complexity index is 329. The summed E-state index contributed by atoms with van der Waals surface area (Å²) >= 11 is 0. The van der Waals surface area contributed by atoms with Crippen LogP contribution in [0.3, 0.4) is 0 Å². The molecule has 1 saturated carbocycles. The van der Waals surface area contributed by atoms with Gasteiger partial charge in [0.05, 0.1) is 17.8 Å². The van der Waals surface area contributed by atoms with Crippen LogP contribution in [0.25, 0.3) is 0 Å². The van der Waals surface area contributed by atoms with E-state index < -0.39 is 22.6 Å². The van der Waals surface area contributed by atoms with Crippen molar-refractivity contribution in [1.82, 2.24) is 5.32 Å². The lowest BCUT2D eigenvalue weighted by Crippen LogP contribution is -2.57. The molecule has 0 aromatic rings. The van der Waals surface area contributed by atoms with E-state index in [4.69, 9.17) is 4.74 Å². The number of carboxylic acid groups (broad SMARTS) is 1. The zero-order valence-electron chi connectivity index (χ0n) is 9.16. The topological polar surface area (TPSA) is 78.8 Å². The van der Waals surface area contributed by atoms with Gasteiger partial charge in [-0.1, -0.05) is 0 Å². The third-order valence-electron chi connectivity index (χ3n) is 4.64. The second-order valence-electron chi connectivity index (χ2n) is 5.43. The Morgan fingerprint density at radius 3 is 2.44 bits per heavy atom. The third-order valence-corrected chi connectivity index (χ3v) is 4.64. The van der Waals surface area contributed by atoms with Gasteiger partial charge in [-0.3, -0.25) is 4.79 Å². The number of aliphatic hydroxyl groups is 1. The fraction of sp³-hybridized carbons (Fsp3) is 0.909. The molecule has 0 aromatic heterocycles. The summed E-state index contributed by atoms with van der Waals surface area (Å²) in [4.78, 5) is 11.5. The number of carbonyl (C=O) groups is 1. The zero-order valence-corrected chi connectivity index (χ0v) is 9.16. The van der Waals surface area contributed by atoms with E-state index in [9.17, 15) is 15.0 Å². The van der Waals surface area contributed by atoms with Gasteiger partial charge >= 0.3 is 5.97 Å². The van der Waals surface area contributed by atoms with E-state index in [-0.39, 0.29) is 6.61 Å². The van der Waals surface area contributed by atoms with Crippen molar-refractivity contribution in [2.75, 3.05) is 19.7 Å². The number of ether oxygens (including phenoxy) is 1. The van der Waals surface area contributed by atoms with Gasteiger partial charge in [-0.15, -0.1) is 0 Å². The normalized spacial score (nSPS) is 44.3. The third kappa shape index (κ3) is 0.990. The van der Waals surface area contributed by atoms with Crippen LogP contribution in [0.5, 0.6) is 0 Å². The lowest BCUT2D eigenvalue weighted by Gasteiger charge is -2.45. The van der Waals surface area contributed by atoms with Crippen molar-refractivity contribution < 1.29 is 19.7 Å². The minimum absolute atomic E-state index is 0.0583. The van der Waals surface area contributed by atoms with E-state index in [1.807, 2.05) is 0 Å². The lowest BCUT2D eigenvalue weighted by molar-refractivity contribution is -0.159. The summed E-state index contributed by atoms with van der Waals surface area (Å²) in [6, 6.07) is 0. The Morgan fingerprint density at radius 2 is 1.94 bits per heavy atom. The van der Waals surface area contributed by atoms with Crippen molar-refractivity contribution in [3.05, 3.63) is 0 Å². The number of rotatable bonds is 2. The van der Waals surface area contributed by atoms with Crippen LogP contribution in [-0.2, 0) is 9.53 Å². The Kier molecular flexibility index (Phi) is 1.95. The van der Waals surface area contributed by atoms with Gasteiger partial charge in [0.25, 0.3) is 0 Å². The Labute approximate surface area is 93.8 Å². The van der Waals surface area contributed by atoms with Crippen LogP contribution >= 0.6 is 0 Å². The quantitative estimate of drug-likeness (QED) is 0.605. The van der Waals surface area contributed by atoms with E-state index in [0.29, 0.717) is 12.8 Å². The van der Waals surface area contributed by atoms with Crippen LogP contribution < -0.4 is 5.32 Å². The van der Waals surface area contributed by atoms with Crippen molar-refractivity contribution in [2.45, 2.75) is 36.9 Å². The predicted octanol–water partition coefficient (Wildman–Crippen LogP) is -0.265. The maximum Gasteiger partial charge on any atom is 0.312 e. The molecular formula is C11H17NO4. The second-order valence-corrected chi connectivity index (χ2v) is 5.43. The monoisotopic (exact) mass is 227 g/mol. The highest BCUT2D eigenvalue weighted by Crippen LogP contribution is 2.68. The van der Waals surface area contributed by atoms with Crippen molar-refractivity contribution in [2.24, 2.45) is 5.41 Å². The molecule has 5 nitrogen and oxygen atoms in total. The second kappa shape index (κ2) is 2.97. The summed E-state index contributed by atoms with van der Waals surface area (Å²) < 4.78 is 5.99. The van der Waals surface area contributed by atoms with E-state index in [2.05, 4.69) is 5.32 Å². The molecule has 5 heteroatoms. The van der Waals surface area contributed by atoms with Crippen LogP contribution in [0.1, 0.15) is 25.7 Å². The van der Waals surface area contributed by atoms with Crippen molar-refractivity contribution >= 4 is 5.97 Å². The van der Waals surface area contributed by atoms with Crippen LogP contribution in [0.2, 0.25) is 0 Å². The first-order chi connectivity index (χ1) is 7.58. The molecule has 4 fully saturated rings. The van der Waals surface area contributed by atoms with Crippen LogP contribution in [0, 0.1) is 5.41 Å². The molecule has 0 radical (unpaired) electrons. The number of piperidine rings is 1. The molecule has 90 valence electrons. The molecule has 3 heterocycles. The smallest absolute Gasteiger partial charge is 0.312 e. The largest absolute Gasteiger partial charge is 0.481 e. The van der Waals surface area contributed by atoms with Crippen molar-refractivity contribution in [1.29, 1.82) is 0 Å². The van der Waals surface area contributed by atoms with Crippen LogP contribution in [-0.4, -0.2) is 47.1 Å². The summed E-state index contributed by atoms with van der Waals surface area (Å²) in [5.74, 6) is -0.754. The molecule has 3 aliphatic heterocycles. The molecule has 0 amide bonds. The number of aliphatic carboxylic acids is 1. The van der Waals surface area contributed by atoms with Crippen LogP contribution in [0.4, 0.5) is 0 Å². The van der Waals surface area contributed by atoms with Crippen LogP contribution in [0.15, 0.2) is 0 Å². The number of hydrogen-bond donors (Lipinski definition) is 3. The number of aliphatic hydroxyl groups excluding tert-OH is 1. The van der Waals surface area contributed by atoms with Crippen molar-refractivity contribution in [3.8, 4) is 0 Å². The van der Waals surface area contributed by atoms with Gasteiger partial charge in [0.1, 0.15) is 5.41 Å². The molecule has 4 rings (SSSR count). The molecule has 0 atom stereocenters. The Hall–Kier alpha value is -0.650. The first kappa shape index (κ1) is 10.5. The lowest BCUT2D eigenvalue weighted by atomic mass is 9.54. The standard InChI is InChI=1S/C11H17NO4/c13-7-9-5-10(6-9,8(14)15)11(16-9)1-3-12-4-2-11/h12-13H,1-7H2,(H,14,15). The molecular weight excluding hydrogens is 210 g/mol. The zero-order chi connectivity index (χ0) is 11.4. The molecule has 4 aliphatic rings. The molecule has 2 bridgehead atoms. The number of carboxylic acids is 1. The molecule has 1 aliphatic carbocycles. The van der Waals surface area contributed by atoms with Gasteiger partial charge in [0, 0.05) is 0 Å². The first-order valence-corrected chi connectivity index (χ1v) is 5.83. The summed E-state index contributed by atoms with van der Waals surface area (Å²) in [6.07, 6.45) is 2.43. The maximum absolute atomic E-state index is 11.5. The summed E-state index contributed by atoms with van der Waals surface area (Å²) in [6.45, 7) is 1.55. The van der Waals surface area contributed by atoms with E-state index in [1.165, 1.54) is 0 Å². The van der Waals surface area contributed by atoms with E-state index >= 15 is 0 Å². The van der Waals surface area contributed by atoms with E-state index in [1.54, 1.807) is 0 Å². The average molecular weight is 227 g/mol. The summed E-state index contributed by atoms with van der Waals surface area (Å²) in [5.41, 5.74) is -1.83. The summed E-state index contributed by atoms with van der Waals surface area (Å²) in [7, 11) is 0. The Morgan fingerprint density at radius 1 is 1.31 bits per heavy atom. The fourth-order valence-electron chi connectivity index (χ4n) is 3.86.